The van der Waals surface area contributed by atoms with Gasteiger partial charge >= 0.3 is 0 Å². The Bertz CT molecular complexity index is 1290. The number of carbonyl (C=O) groups excluding carboxylic acids is 2. The number of benzene rings is 2. The molecule has 12 heteroatoms. The molecule has 2 aromatic carbocycles. The maximum Gasteiger partial charge on any atom is 0.270 e. The summed E-state index contributed by atoms with van der Waals surface area (Å²) in [6.07, 6.45) is 0. The fourth-order valence-electron chi connectivity index (χ4n) is 3.95. The summed E-state index contributed by atoms with van der Waals surface area (Å²) in [5.41, 5.74) is 0.499. The van der Waals surface area contributed by atoms with Gasteiger partial charge in [0.25, 0.3) is 11.6 Å². The Kier molecular flexibility index (Phi) is 7.77. The highest BCUT2D eigenvalue weighted by Gasteiger charge is 2.26. The number of piperazine rings is 1. The lowest BCUT2D eigenvalue weighted by atomic mass is 10.1. The van der Waals surface area contributed by atoms with E-state index in [2.05, 4.69) is 15.6 Å². The molecule has 0 aliphatic carbocycles. The van der Waals surface area contributed by atoms with E-state index in [-0.39, 0.29) is 22.9 Å². The van der Waals surface area contributed by atoms with Gasteiger partial charge in [-0.25, -0.2) is 9.97 Å². The van der Waals surface area contributed by atoms with Crippen LogP contribution in [0.25, 0.3) is 11.4 Å². The van der Waals surface area contributed by atoms with Gasteiger partial charge in [0.15, 0.2) is 5.82 Å². The number of phenols is 1. The van der Waals surface area contributed by atoms with Crippen molar-refractivity contribution in [2.45, 2.75) is 6.92 Å². The first-order chi connectivity index (χ1) is 17.8. The zero-order valence-electron chi connectivity index (χ0n) is 20.3. The number of anilines is 2. The Morgan fingerprint density at radius 2 is 1.76 bits per heavy atom. The maximum absolute atomic E-state index is 13.0. The van der Waals surface area contributed by atoms with Crippen molar-refractivity contribution in [1.29, 1.82) is 0 Å². The first-order valence-electron chi connectivity index (χ1n) is 11.8. The van der Waals surface area contributed by atoms with E-state index in [0.29, 0.717) is 56.7 Å². The van der Waals surface area contributed by atoms with Crippen molar-refractivity contribution in [3.05, 3.63) is 70.3 Å². The molecule has 0 saturated carbocycles. The predicted octanol–water partition coefficient (Wildman–Crippen LogP) is 2.27. The van der Waals surface area contributed by atoms with E-state index in [4.69, 9.17) is 4.98 Å². The molecule has 1 aliphatic rings. The number of aromatic nitrogens is 2. The summed E-state index contributed by atoms with van der Waals surface area (Å²) < 4.78 is 0. The molecule has 1 aromatic heterocycles. The van der Waals surface area contributed by atoms with Gasteiger partial charge in [-0.15, -0.1) is 0 Å². The van der Waals surface area contributed by atoms with Crippen LogP contribution in [0.4, 0.5) is 17.3 Å². The second-order valence-corrected chi connectivity index (χ2v) is 8.45. The van der Waals surface area contributed by atoms with Gasteiger partial charge in [0, 0.05) is 70.0 Å². The predicted molar refractivity (Wildman–Crippen MR) is 138 cm³/mol. The van der Waals surface area contributed by atoms with Gasteiger partial charge in [0.2, 0.25) is 5.91 Å². The summed E-state index contributed by atoms with van der Waals surface area (Å²) in [6, 6.07) is 14.8. The van der Waals surface area contributed by atoms with E-state index in [9.17, 15) is 24.8 Å². The van der Waals surface area contributed by atoms with Gasteiger partial charge in [-0.2, -0.15) is 0 Å². The summed E-state index contributed by atoms with van der Waals surface area (Å²) in [6.45, 7) is 4.02. The van der Waals surface area contributed by atoms with Crippen molar-refractivity contribution in [3.8, 4) is 17.1 Å². The van der Waals surface area contributed by atoms with Crippen molar-refractivity contribution < 1.29 is 19.6 Å². The van der Waals surface area contributed by atoms with E-state index in [1.807, 2.05) is 41.3 Å². The number of carbonyl (C=O) groups is 2. The van der Waals surface area contributed by atoms with E-state index in [1.165, 1.54) is 6.92 Å². The van der Waals surface area contributed by atoms with Gasteiger partial charge in [0.05, 0.1) is 10.5 Å². The molecule has 0 radical (unpaired) electrons. The maximum atomic E-state index is 13.0. The molecule has 192 valence electrons. The number of nitro benzene ring substituents is 1. The second-order valence-electron chi connectivity index (χ2n) is 8.45. The number of rotatable bonds is 8. The number of nitro groups is 1. The molecule has 3 aromatic rings. The first kappa shape index (κ1) is 25.4. The standard InChI is InChI=1S/C25H27N7O5/c1-17(33)26-9-10-27-22-16-23(29-24(28-22)18-5-3-2-4-6-18)30-11-13-31(14-12-30)25(35)20-15-19(32(36)37)7-8-21(20)34/h2-8,15-16,34H,9-14H2,1H3,(H,26,33)(H,27,28,29). The highest BCUT2D eigenvalue weighted by Crippen LogP contribution is 2.26. The van der Waals surface area contributed by atoms with Crippen LogP contribution in [0.2, 0.25) is 0 Å². The van der Waals surface area contributed by atoms with Crippen LogP contribution in [0.5, 0.6) is 5.75 Å². The summed E-state index contributed by atoms with van der Waals surface area (Å²) in [7, 11) is 0. The molecular formula is C25H27N7O5. The average molecular weight is 506 g/mol. The number of hydrogen-bond acceptors (Lipinski definition) is 9. The van der Waals surface area contributed by atoms with E-state index in [0.717, 1.165) is 23.8 Å². The minimum Gasteiger partial charge on any atom is -0.507 e. The Labute approximate surface area is 213 Å². The average Bonchev–Trinajstić information content (AvgIpc) is 2.91. The van der Waals surface area contributed by atoms with Crippen molar-refractivity contribution in [2.24, 2.45) is 0 Å². The van der Waals surface area contributed by atoms with Crippen LogP contribution in [0.15, 0.2) is 54.6 Å². The smallest absolute Gasteiger partial charge is 0.270 e. The second kappa shape index (κ2) is 11.3. The third-order valence-corrected chi connectivity index (χ3v) is 5.86. The number of hydrogen-bond donors (Lipinski definition) is 3. The number of non-ortho nitro benzene ring substituents is 1. The van der Waals surface area contributed by atoms with Crippen LogP contribution in [0.3, 0.4) is 0 Å². The molecule has 3 N–H and O–H groups in total. The lowest BCUT2D eigenvalue weighted by Gasteiger charge is -2.35. The summed E-state index contributed by atoms with van der Waals surface area (Å²) in [5.74, 6) is 0.960. The monoisotopic (exact) mass is 505 g/mol. The molecule has 37 heavy (non-hydrogen) atoms. The van der Waals surface area contributed by atoms with Gasteiger partial charge in [-0.1, -0.05) is 30.3 Å². The molecule has 1 saturated heterocycles. The SMILES string of the molecule is CC(=O)NCCNc1cc(N2CCN(C(=O)c3cc([N+](=O)[O-])ccc3O)CC2)nc(-c2ccccc2)n1. The van der Waals surface area contributed by atoms with Gasteiger partial charge in [-0.05, 0) is 6.07 Å². The number of phenolic OH excluding ortho intramolecular Hbond substituents is 1. The topological polar surface area (TPSA) is 154 Å². The number of amides is 2. The molecule has 1 aliphatic heterocycles. The summed E-state index contributed by atoms with van der Waals surface area (Å²) in [4.78, 5) is 47.6. The van der Waals surface area contributed by atoms with Crippen molar-refractivity contribution in [1.82, 2.24) is 20.2 Å². The van der Waals surface area contributed by atoms with Crippen LogP contribution in [0.1, 0.15) is 17.3 Å². The number of nitrogens with zero attached hydrogens (tertiary/aromatic N) is 5. The molecule has 0 atom stereocenters. The highest BCUT2D eigenvalue weighted by atomic mass is 16.6. The van der Waals surface area contributed by atoms with E-state index in [1.54, 1.807) is 4.90 Å². The Hall–Kier alpha value is -4.74. The van der Waals surface area contributed by atoms with Gasteiger partial charge < -0.3 is 25.5 Å². The van der Waals surface area contributed by atoms with Gasteiger partial charge in [0.1, 0.15) is 17.4 Å². The molecule has 2 heterocycles. The largest absolute Gasteiger partial charge is 0.507 e. The first-order valence-corrected chi connectivity index (χ1v) is 11.8. The Balaban J connectivity index is 1.50. The van der Waals surface area contributed by atoms with E-state index < -0.39 is 10.8 Å². The number of aromatic hydroxyl groups is 1. The fourth-order valence-corrected chi connectivity index (χ4v) is 3.95. The third-order valence-electron chi connectivity index (χ3n) is 5.86. The van der Waals surface area contributed by atoms with Crippen LogP contribution in [-0.2, 0) is 4.79 Å². The molecule has 4 rings (SSSR count). The molecular weight excluding hydrogens is 478 g/mol. The fraction of sp³-hybridized carbons (Fsp3) is 0.280. The zero-order chi connectivity index (χ0) is 26.4. The van der Waals surface area contributed by atoms with Gasteiger partial charge in [-0.3, -0.25) is 19.7 Å². The third kappa shape index (κ3) is 6.28. The van der Waals surface area contributed by atoms with E-state index >= 15 is 0 Å². The lowest BCUT2D eigenvalue weighted by Crippen LogP contribution is -2.49. The Morgan fingerprint density at radius 3 is 2.43 bits per heavy atom. The van der Waals surface area contributed by atoms with Crippen molar-refractivity contribution in [3.63, 3.8) is 0 Å². The molecule has 0 bridgehead atoms. The van der Waals surface area contributed by atoms with Crippen LogP contribution in [-0.4, -0.2) is 76.0 Å². The van der Waals surface area contributed by atoms with Crippen molar-refractivity contribution in [2.75, 3.05) is 49.5 Å². The molecule has 12 nitrogen and oxygen atoms in total. The lowest BCUT2D eigenvalue weighted by molar-refractivity contribution is -0.384. The van der Waals surface area contributed by atoms with Crippen molar-refractivity contribution >= 4 is 29.1 Å². The molecule has 1 fully saturated rings. The van der Waals surface area contributed by atoms with Crippen LogP contribution >= 0.6 is 0 Å². The molecule has 2 amide bonds. The summed E-state index contributed by atoms with van der Waals surface area (Å²) >= 11 is 0. The van der Waals surface area contributed by atoms with Crippen LogP contribution in [0, 0.1) is 10.1 Å². The number of nitrogens with one attached hydrogen (secondary N) is 2. The minimum atomic E-state index is -0.602. The quantitative estimate of drug-likeness (QED) is 0.238. The zero-order valence-corrected chi connectivity index (χ0v) is 20.3. The van der Waals surface area contributed by atoms with Crippen LogP contribution < -0.4 is 15.5 Å². The minimum absolute atomic E-state index is 0.0956. The highest BCUT2D eigenvalue weighted by molar-refractivity contribution is 5.97. The molecule has 0 spiro atoms. The summed E-state index contributed by atoms with van der Waals surface area (Å²) in [5, 5.41) is 27.2. The molecule has 0 unspecified atom stereocenters. The Morgan fingerprint density at radius 1 is 1.03 bits per heavy atom. The normalized spacial score (nSPS) is 13.2.